The number of fused-ring (bicyclic) bond motifs is 1. The molecule has 39 heavy (non-hydrogen) atoms. The first-order valence-corrected chi connectivity index (χ1v) is 13.6. The van der Waals surface area contributed by atoms with Gasteiger partial charge < -0.3 is 4.74 Å². The molecule has 5 aromatic rings. The van der Waals surface area contributed by atoms with Crippen LogP contribution in [0.15, 0.2) is 97.3 Å². The summed E-state index contributed by atoms with van der Waals surface area (Å²) >= 11 is 0. The molecule has 1 atom stereocenters. The largest absolute Gasteiger partial charge is 0.356 e. The minimum atomic E-state index is -0.00294. The Kier molecular flexibility index (Phi) is 7.15. The third kappa shape index (κ3) is 5.06. The van der Waals surface area contributed by atoms with Gasteiger partial charge in [0.15, 0.2) is 6.23 Å². The summed E-state index contributed by atoms with van der Waals surface area (Å²) in [7, 11) is 0. The third-order valence-corrected chi connectivity index (χ3v) is 7.50. The number of hydrogen-bond donors (Lipinski definition) is 0. The normalized spacial score (nSPS) is 16.2. The van der Waals surface area contributed by atoms with Crippen molar-refractivity contribution in [1.82, 2.24) is 14.8 Å². The Morgan fingerprint density at radius 3 is 2.44 bits per heavy atom. The van der Waals surface area contributed by atoms with Crippen molar-refractivity contribution in [3.8, 4) is 11.3 Å². The lowest BCUT2D eigenvalue weighted by molar-refractivity contribution is -0.0366. The van der Waals surface area contributed by atoms with Gasteiger partial charge in [-0.15, -0.1) is 0 Å². The number of aldehydes is 1. The van der Waals surface area contributed by atoms with Crippen molar-refractivity contribution in [2.24, 2.45) is 0 Å². The lowest BCUT2D eigenvalue weighted by Gasteiger charge is -2.23. The predicted octanol–water partition coefficient (Wildman–Crippen LogP) is 7.98. The van der Waals surface area contributed by atoms with Gasteiger partial charge >= 0.3 is 0 Å². The topological polar surface area (TPSA) is 57.0 Å². The van der Waals surface area contributed by atoms with Crippen LogP contribution in [-0.4, -0.2) is 27.7 Å². The molecular weight excluding hydrogens is 482 g/mol. The zero-order valence-corrected chi connectivity index (χ0v) is 22.1. The highest BCUT2D eigenvalue weighted by Gasteiger charge is 2.20. The first kappa shape index (κ1) is 25.0. The second-order valence-corrected chi connectivity index (χ2v) is 9.92. The highest BCUT2D eigenvalue weighted by atomic mass is 16.5. The van der Waals surface area contributed by atoms with E-state index >= 15 is 0 Å². The summed E-state index contributed by atoms with van der Waals surface area (Å²) in [6.07, 6.45) is 8.75. The summed E-state index contributed by atoms with van der Waals surface area (Å²) in [4.78, 5) is 15.9. The quantitative estimate of drug-likeness (QED) is 0.164. The van der Waals surface area contributed by atoms with Crippen molar-refractivity contribution in [3.63, 3.8) is 0 Å². The van der Waals surface area contributed by atoms with Gasteiger partial charge in [-0.05, 0) is 77.8 Å². The average molecular weight is 514 g/mol. The summed E-state index contributed by atoms with van der Waals surface area (Å²) in [6.45, 7) is 2.98. The van der Waals surface area contributed by atoms with E-state index in [4.69, 9.17) is 9.84 Å². The molecule has 0 amide bonds. The standard InChI is InChI=1S/C34H31N3O2/c1-2-30(25-13-15-26(16-14-25)31-7-3-5-19-35-31)34(27-11-9-24(23-38)10-12-27)28-17-18-32-29(21-28)22-36-37(32)33-8-4-6-20-39-33/h3,5,7,9-19,21-23,33H,2,4,6,8,20H2,1H3. The Labute approximate surface area is 228 Å². The number of allylic oxidation sites excluding steroid dienone is 1. The molecule has 6 rings (SSSR count). The maximum absolute atomic E-state index is 11.4. The van der Waals surface area contributed by atoms with Crippen LogP contribution in [0, 0.1) is 0 Å². The lowest BCUT2D eigenvalue weighted by Crippen LogP contribution is -2.18. The Morgan fingerprint density at radius 1 is 0.949 bits per heavy atom. The van der Waals surface area contributed by atoms with Gasteiger partial charge in [-0.25, -0.2) is 4.68 Å². The molecule has 0 spiro atoms. The fourth-order valence-electron chi connectivity index (χ4n) is 5.50. The van der Waals surface area contributed by atoms with E-state index in [0.29, 0.717) is 5.56 Å². The van der Waals surface area contributed by atoms with Crippen molar-refractivity contribution in [2.75, 3.05) is 6.61 Å². The Balaban J connectivity index is 1.47. The second kappa shape index (κ2) is 11.2. The minimum Gasteiger partial charge on any atom is -0.356 e. The predicted molar refractivity (Wildman–Crippen MR) is 156 cm³/mol. The number of ether oxygens (including phenoxy) is 1. The molecule has 1 saturated heterocycles. The van der Waals surface area contributed by atoms with Crippen LogP contribution in [0.5, 0.6) is 0 Å². The van der Waals surface area contributed by atoms with Gasteiger partial charge in [-0.3, -0.25) is 9.78 Å². The monoisotopic (exact) mass is 513 g/mol. The molecule has 3 heterocycles. The highest BCUT2D eigenvalue weighted by molar-refractivity contribution is 6.00. The summed E-state index contributed by atoms with van der Waals surface area (Å²) < 4.78 is 8.04. The molecule has 1 aliphatic rings. The molecule has 0 bridgehead atoms. The van der Waals surface area contributed by atoms with Crippen LogP contribution in [0.25, 0.3) is 33.3 Å². The summed E-state index contributed by atoms with van der Waals surface area (Å²) in [5.41, 5.74) is 9.56. The number of rotatable bonds is 7. The van der Waals surface area contributed by atoms with Crippen molar-refractivity contribution < 1.29 is 9.53 Å². The van der Waals surface area contributed by atoms with E-state index in [0.717, 1.165) is 83.0 Å². The van der Waals surface area contributed by atoms with E-state index in [-0.39, 0.29) is 6.23 Å². The summed E-state index contributed by atoms with van der Waals surface area (Å²) in [6, 6.07) is 29.0. The molecule has 2 aromatic heterocycles. The molecule has 194 valence electrons. The molecule has 3 aromatic carbocycles. The van der Waals surface area contributed by atoms with Gasteiger partial charge in [0, 0.05) is 29.3 Å². The van der Waals surface area contributed by atoms with Crippen LogP contribution >= 0.6 is 0 Å². The lowest BCUT2D eigenvalue weighted by atomic mass is 9.87. The van der Waals surface area contributed by atoms with Crippen molar-refractivity contribution in [1.29, 1.82) is 0 Å². The highest BCUT2D eigenvalue weighted by Crippen LogP contribution is 2.37. The van der Waals surface area contributed by atoms with Crippen LogP contribution in [0.2, 0.25) is 0 Å². The number of carbonyl (C=O) groups is 1. The molecule has 5 heteroatoms. The number of benzene rings is 3. The molecular formula is C34H31N3O2. The van der Waals surface area contributed by atoms with Gasteiger partial charge in [0.05, 0.1) is 17.4 Å². The Hall–Kier alpha value is -4.35. The Bertz CT molecular complexity index is 1610. The maximum Gasteiger partial charge on any atom is 0.150 e. The van der Waals surface area contributed by atoms with E-state index in [2.05, 4.69) is 54.4 Å². The SMILES string of the molecule is CCC(=C(c1ccc(C=O)cc1)c1ccc2c(cnn2C2CCCCO2)c1)c1ccc(-c2ccccn2)cc1. The number of hydrogen-bond acceptors (Lipinski definition) is 4. The van der Waals surface area contributed by atoms with Crippen LogP contribution in [0.1, 0.15) is 65.9 Å². The van der Waals surface area contributed by atoms with Gasteiger partial charge in [0.25, 0.3) is 0 Å². The zero-order valence-electron chi connectivity index (χ0n) is 22.1. The Morgan fingerprint density at radius 2 is 1.74 bits per heavy atom. The first-order chi connectivity index (χ1) is 19.2. The van der Waals surface area contributed by atoms with E-state index in [1.807, 2.05) is 59.5 Å². The summed E-state index contributed by atoms with van der Waals surface area (Å²) in [5, 5.41) is 5.79. The van der Waals surface area contributed by atoms with E-state index in [1.165, 1.54) is 5.57 Å². The van der Waals surface area contributed by atoms with Crippen molar-refractivity contribution >= 4 is 28.3 Å². The van der Waals surface area contributed by atoms with Gasteiger partial charge in [-0.1, -0.05) is 67.6 Å². The molecule has 1 aliphatic heterocycles. The average Bonchev–Trinajstić information content (AvgIpc) is 3.44. The van der Waals surface area contributed by atoms with Crippen molar-refractivity contribution in [2.45, 2.75) is 38.8 Å². The fourth-order valence-corrected chi connectivity index (χ4v) is 5.50. The summed E-state index contributed by atoms with van der Waals surface area (Å²) in [5.74, 6) is 0. The first-order valence-electron chi connectivity index (χ1n) is 13.6. The van der Waals surface area contributed by atoms with E-state index in [9.17, 15) is 4.79 Å². The molecule has 0 aliphatic carbocycles. The molecule has 5 nitrogen and oxygen atoms in total. The van der Waals surface area contributed by atoms with Gasteiger partial charge in [0.2, 0.25) is 0 Å². The van der Waals surface area contributed by atoms with Crippen LogP contribution in [0.4, 0.5) is 0 Å². The number of aromatic nitrogens is 3. The van der Waals surface area contributed by atoms with Crippen LogP contribution < -0.4 is 0 Å². The third-order valence-electron chi connectivity index (χ3n) is 7.50. The molecule has 0 saturated carbocycles. The minimum absolute atomic E-state index is 0.00294. The van der Waals surface area contributed by atoms with Gasteiger partial charge in [-0.2, -0.15) is 5.10 Å². The van der Waals surface area contributed by atoms with E-state index in [1.54, 1.807) is 0 Å². The van der Waals surface area contributed by atoms with Gasteiger partial charge in [0.1, 0.15) is 6.29 Å². The number of pyridine rings is 1. The zero-order chi connectivity index (χ0) is 26.6. The second-order valence-electron chi connectivity index (χ2n) is 9.92. The number of nitrogens with zero attached hydrogens (tertiary/aromatic N) is 3. The fraction of sp³-hybridized carbons (Fsp3) is 0.206. The molecule has 1 unspecified atom stereocenters. The van der Waals surface area contributed by atoms with Crippen molar-refractivity contribution in [3.05, 3.63) is 120 Å². The van der Waals surface area contributed by atoms with E-state index < -0.39 is 0 Å². The smallest absolute Gasteiger partial charge is 0.150 e. The molecule has 0 N–H and O–H groups in total. The number of carbonyl (C=O) groups excluding carboxylic acids is 1. The van der Waals surface area contributed by atoms with Crippen LogP contribution in [0.3, 0.4) is 0 Å². The maximum atomic E-state index is 11.4. The molecule has 0 radical (unpaired) electrons. The molecule has 1 fully saturated rings. The van der Waals surface area contributed by atoms with Crippen LogP contribution in [-0.2, 0) is 4.74 Å².